The van der Waals surface area contributed by atoms with Crippen LogP contribution >= 0.6 is 0 Å². The van der Waals surface area contributed by atoms with E-state index in [2.05, 4.69) is 5.32 Å². The van der Waals surface area contributed by atoms with Gasteiger partial charge in [-0.3, -0.25) is 9.59 Å². The van der Waals surface area contributed by atoms with Crippen molar-refractivity contribution in [3.63, 3.8) is 0 Å². The first kappa shape index (κ1) is 17.2. The molecule has 7 nitrogen and oxygen atoms in total. The fourth-order valence-corrected chi connectivity index (χ4v) is 2.52. The minimum Gasteiger partial charge on any atom is -0.495 e. The summed E-state index contributed by atoms with van der Waals surface area (Å²) in [5.74, 6) is 0.0405. The molecule has 7 heteroatoms. The maximum absolute atomic E-state index is 12.4. The molecule has 0 aromatic heterocycles. The van der Waals surface area contributed by atoms with E-state index in [1.54, 1.807) is 18.2 Å². The molecule has 0 aliphatic carbocycles. The molecule has 1 aliphatic heterocycles. The van der Waals surface area contributed by atoms with Crippen LogP contribution in [0, 0.1) is 0 Å². The molecule has 1 aromatic carbocycles. The SMILES string of the molecule is COCC(N)C(=O)Nc1cc(C(=O)N2CCCC2)ccc1OC. The van der Waals surface area contributed by atoms with Gasteiger partial charge in [-0.2, -0.15) is 0 Å². The summed E-state index contributed by atoms with van der Waals surface area (Å²) in [6.07, 6.45) is 2.05. The van der Waals surface area contributed by atoms with Crippen LogP contribution < -0.4 is 15.8 Å². The van der Waals surface area contributed by atoms with Crippen LogP contribution in [0.5, 0.6) is 5.75 Å². The summed E-state index contributed by atoms with van der Waals surface area (Å²) in [5, 5.41) is 2.69. The molecule has 2 rings (SSSR count). The predicted octanol–water partition coefficient (Wildman–Crippen LogP) is 0.843. The molecule has 23 heavy (non-hydrogen) atoms. The first-order chi connectivity index (χ1) is 11.1. The van der Waals surface area contributed by atoms with Gasteiger partial charge in [0.2, 0.25) is 5.91 Å². The second-order valence-corrected chi connectivity index (χ2v) is 5.47. The van der Waals surface area contributed by atoms with Gasteiger partial charge in [-0.05, 0) is 31.0 Å². The Labute approximate surface area is 135 Å². The number of methoxy groups -OCH3 is 2. The topological polar surface area (TPSA) is 93.9 Å². The van der Waals surface area contributed by atoms with Gasteiger partial charge in [0.1, 0.15) is 11.8 Å². The van der Waals surface area contributed by atoms with Crippen molar-refractivity contribution >= 4 is 17.5 Å². The number of ether oxygens (including phenoxy) is 2. The smallest absolute Gasteiger partial charge is 0.253 e. The standard InChI is InChI=1S/C16H23N3O4/c1-22-10-12(17)15(20)18-13-9-11(5-6-14(13)23-2)16(21)19-7-3-4-8-19/h5-6,9,12H,3-4,7-8,10,17H2,1-2H3,(H,18,20). The number of anilines is 1. The van der Waals surface area contributed by atoms with Crippen molar-refractivity contribution < 1.29 is 19.1 Å². The Morgan fingerprint density at radius 1 is 1.30 bits per heavy atom. The molecule has 1 aromatic rings. The number of carbonyl (C=O) groups is 2. The second kappa shape index (κ2) is 7.94. The molecule has 1 unspecified atom stereocenters. The van der Waals surface area contributed by atoms with E-state index in [1.807, 2.05) is 4.90 Å². The molecule has 1 saturated heterocycles. The Balaban J connectivity index is 2.18. The molecule has 2 amide bonds. The average molecular weight is 321 g/mol. The summed E-state index contributed by atoms with van der Waals surface area (Å²) in [6, 6.07) is 4.20. The van der Waals surface area contributed by atoms with E-state index in [0.717, 1.165) is 25.9 Å². The molecule has 0 saturated carbocycles. The molecule has 126 valence electrons. The molecule has 0 spiro atoms. The number of benzene rings is 1. The van der Waals surface area contributed by atoms with Crippen molar-refractivity contribution in [1.29, 1.82) is 0 Å². The minimum absolute atomic E-state index is 0.0400. The number of hydrogen-bond donors (Lipinski definition) is 2. The van der Waals surface area contributed by atoms with Crippen LogP contribution in [-0.4, -0.2) is 56.7 Å². The normalized spacial score (nSPS) is 15.3. The van der Waals surface area contributed by atoms with Gasteiger partial charge in [0.05, 0.1) is 19.4 Å². The highest BCUT2D eigenvalue weighted by atomic mass is 16.5. The zero-order chi connectivity index (χ0) is 16.8. The number of nitrogens with two attached hydrogens (primary N) is 1. The molecule has 0 radical (unpaired) electrons. The zero-order valence-electron chi connectivity index (χ0n) is 13.5. The summed E-state index contributed by atoms with van der Waals surface area (Å²) >= 11 is 0. The second-order valence-electron chi connectivity index (χ2n) is 5.47. The van der Waals surface area contributed by atoms with Crippen LogP contribution in [0.15, 0.2) is 18.2 Å². The van der Waals surface area contributed by atoms with Crippen molar-refractivity contribution in [3.8, 4) is 5.75 Å². The molecule has 1 aliphatic rings. The highest BCUT2D eigenvalue weighted by molar-refractivity contribution is 5.99. The lowest BCUT2D eigenvalue weighted by molar-refractivity contribution is -0.118. The molecular weight excluding hydrogens is 298 g/mol. The lowest BCUT2D eigenvalue weighted by Gasteiger charge is -2.18. The molecule has 1 atom stereocenters. The summed E-state index contributed by atoms with van der Waals surface area (Å²) in [4.78, 5) is 26.3. The summed E-state index contributed by atoms with van der Waals surface area (Å²) in [5.41, 5.74) is 6.65. The van der Waals surface area contributed by atoms with Crippen molar-refractivity contribution in [3.05, 3.63) is 23.8 Å². The fourth-order valence-electron chi connectivity index (χ4n) is 2.52. The number of nitrogens with one attached hydrogen (secondary N) is 1. The van der Waals surface area contributed by atoms with Gasteiger partial charge in [-0.15, -0.1) is 0 Å². The first-order valence-electron chi connectivity index (χ1n) is 7.59. The Kier molecular flexibility index (Phi) is 5.95. The van der Waals surface area contributed by atoms with Gasteiger partial charge in [-0.1, -0.05) is 0 Å². The molecule has 1 fully saturated rings. The third-order valence-electron chi connectivity index (χ3n) is 3.78. The molecular formula is C16H23N3O4. The van der Waals surface area contributed by atoms with Crippen LogP contribution in [-0.2, 0) is 9.53 Å². The van der Waals surface area contributed by atoms with E-state index >= 15 is 0 Å². The number of rotatable bonds is 6. The van der Waals surface area contributed by atoms with Gasteiger partial charge < -0.3 is 25.4 Å². The largest absolute Gasteiger partial charge is 0.495 e. The number of nitrogens with zero attached hydrogens (tertiary/aromatic N) is 1. The first-order valence-corrected chi connectivity index (χ1v) is 7.59. The van der Waals surface area contributed by atoms with Gasteiger partial charge in [0.25, 0.3) is 5.91 Å². The maximum Gasteiger partial charge on any atom is 0.253 e. The quantitative estimate of drug-likeness (QED) is 0.810. The van der Waals surface area contributed by atoms with E-state index in [4.69, 9.17) is 15.2 Å². The van der Waals surface area contributed by atoms with Crippen LogP contribution in [0.4, 0.5) is 5.69 Å². The summed E-state index contributed by atoms with van der Waals surface area (Å²) < 4.78 is 10.1. The van der Waals surface area contributed by atoms with Crippen LogP contribution in [0.2, 0.25) is 0 Å². The van der Waals surface area contributed by atoms with E-state index in [-0.39, 0.29) is 12.5 Å². The van der Waals surface area contributed by atoms with E-state index in [1.165, 1.54) is 14.2 Å². The van der Waals surface area contributed by atoms with E-state index in [9.17, 15) is 9.59 Å². The zero-order valence-corrected chi connectivity index (χ0v) is 13.5. The Bertz CT molecular complexity index is 570. The number of likely N-dealkylation sites (tertiary alicyclic amines) is 1. The van der Waals surface area contributed by atoms with E-state index < -0.39 is 11.9 Å². The summed E-state index contributed by atoms with van der Waals surface area (Å²) in [7, 11) is 2.98. The van der Waals surface area contributed by atoms with Crippen molar-refractivity contribution in [1.82, 2.24) is 4.90 Å². The van der Waals surface area contributed by atoms with Gasteiger partial charge in [0.15, 0.2) is 0 Å². The van der Waals surface area contributed by atoms with Gasteiger partial charge >= 0.3 is 0 Å². The van der Waals surface area contributed by atoms with Gasteiger partial charge in [-0.25, -0.2) is 0 Å². The summed E-state index contributed by atoms with van der Waals surface area (Å²) in [6.45, 7) is 1.65. The third kappa shape index (κ3) is 4.20. The molecule has 3 N–H and O–H groups in total. The van der Waals surface area contributed by atoms with Crippen molar-refractivity contribution in [2.45, 2.75) is 18.9 Å². The number of amides is 2. The predicted molar refractivity (Wildman–Crippen MR) is 86.6 cm³/mol. The average Bonchev–Trinajstić information content (AvgIpc) is 3.08. The lowest BCUT2D eigenvalue weighted by atomic mass is 10.1. The van der Waals surface area contributed by atoms with Crippen molar-refractivity contribution in [2.24, 2.45) is 5.73 Å². The Morgan fingerprint density at radius 3 is 2.61 bits per heavy atom. The van der Waals surface area contributed by atoms with Gasteiger partial charge in [0, 0.05) is 25.8 Å². The lowest BCUT2D eigenvalue weighted by Crippen LogP contribution is -2.39. The van der Waals surface area contributed by atoms with E-state index in [0.29, 0.717) is 17.0 Å². The molecule has 0 bridgehead atoms. The minimum atomic E-state index is -0.789. The highest BCUT2D eigenvalue weighted by Crippen LogP contribution is 2.27. The van der Waals surface area contributed by atoms with Crippen LogP contribution in [0.1, 0.15) is 23.2 Å². The molecule has 1 heterocycles. The number of carbonyl (C=O) groups excluding carboxylic acids is 2. The fraction of sp³-hybridized carbons (Fsp3) is 0.500. The van der Waals surface area contributed by atoms with Crippen LogP contribution in [0.25, 0.3) is 0 Å². The third-order valence-corrected chi connectivity index (χ3v) is 3.78. The monoisotopic (exact) mass is 321 g/mol. The maximum atomic E-state index is 12.4. The number of hydrogen-bond acceptors (Lipinski definition) is 5. The highest BCUT2D eigenvalue weighted by Gasteiger charge is 2.21. The Hall–Kier alpha value is -2.12. The Morgan fingerprint density at radius 2 is 2.00 bits per heavy atom. The van der Waals surface area contributed by atoms with Crippen LogP contribution in [0.3, 0.4) is 0 Å². The van der Waals surface area contributed by atoms with Crippen molar-refractivity contribution in [2.75, 3.05) is 39.2 Å².